The highest BCUT2D eigenvalue weighted by atomic mass is 16.2. The summed E-state index contributed by atoms with van der Waals surface area (Å²) in [6.07, 6.45) is 10.4. The molecule has 0 spiro atoms. The maximum absolute atomic E-state index is 12.2. The highest BCUT2D eigenvalue weighted by molar-refractivity contribution is 5.76. The summed E-state index contributed by atoms with van der Waals surface area (Å²) in [6, 6.07) is 0.112. The third kappa shape index (κ3) is 2.87. The Balaban J connectivity index is 1.90. The molecule has 0 bridgehead atoms. The molecule has 1 aliphatic heterocycles. The number of hydrogen-bond donors (Lipinski definition) is 0. The van der Waals surface area contributed by atoms with Crippen LogP contribution in [0.4, 0.5) is 4.79 Å². The largest absolute Gasteiger partial charge is 0.415 e. The molecule has 17 heavy (non-hydrogen) atoms. The van der Waals surface area contributed by atoms with E-state index in [1.165, 1.54) is 12.8 Å². The molecule has 0 N–H and O–H groups in total. The standard InChI is InChI=1S/C13H22N3O/c1-3-4-12-5-7-15(8-6-12)13(17)16-10-9-14(2)11-16/h9-12H,3-8H2,1-2H3/q+1. The van der Waals surface area contributed by atoms with E-state index in [0.717, 1.165) is 31.8 Å². The summed E-state index contributed by atoms with van der Waals surface area (Å²) >= 11 is 0. The Morgan fingerprint density at radius 2 is 2.12 bits per heavy atom. The van der Waals surface area contributed by atoms with E-state index in [2.05, 4.69) is 6.92 Å². The van der Waals surface area contributed by atoms with E-state index in [9.17, 15) is 4.79 Å². The summed E-state index contributed by atoms with van der Waals surface area (Å²) in [5.41, 5.74) is 0. The zero-order valence-electron chi connectivity index (χ0n) is 10.8. The molecule has 1 aromatic heterocycles. The van der Waals surface area contributed by atoms with E-state index >= 15 is 0 Å². The van der Waals surface area contributed by atoms with Gasteiger partial charge >= 0.3 is 6.03 Å². The van der Waals surface area contributed by atoms with Crippen LogP contribution in [0.15, 0.2) is 18.7 Å². The van der Waals surface area contributed by atoms with Gasteiger partial charge in [-0.05, 0) is 18.8 Å². The van der Waals surface area contributed by atoms with Crippen LogP contribution in [0.2, 0.25) is 0 Å². The van der Waals surface area contributed by atoms with Gasteiger partial charge in [0.2, 0.25) is 0 Å². The van der Waals surface area contributed by atoms with E-state index in [-0.39, 0.29) is 6.03 Å². The van der Waals surface area contributed by atoms with Crippen LogP contribution in [-0.4, -0.2) is 28.6 Å². The van der Waals surface area contributed by atoms with Gasteiger partial charge in [-0.25, -0.2) is 9.36 Å². The fourth-order valence-electron chi connectivity index (χ4n) is 2.55. The van der Waals surface area contributed by atoms with Crippen LogP contribution in [0.25, 0.3) is 0 Å². The second-order valence-electron chi connectivity index (χ2n) is 4.99. The zero-order chi connectivity index (χ0) is 12.3. The number of carbonyl (C=O) groups excluding carboxylic acids is 1. The SMILES string of the molecule is CCCC1CCN(C(=O)n2cc[n+](C)c2)CC1. The zero-order valence-corrected chi connectivity index (χ0v) is 10.8. The summed E-state index contributed by atoms with van der Waals surface area (Å²) in [5.74, 6) is 0.824. The van der Waals surface area contributed by atoms with Crippen LogP contribution in [-0.2, 0) is 7.05 Å². The van der Waals surface area contributed by atoms with Crippen LogP contribution < -0.4 is 4.57 Å². The minimum absolute atomic E-state index is 0.112. The molecule has 4 heteroatoms. The van der Waals surface area contributed by atoms with Crippen molar-refractivity contribution in [3.8, 4) is 0 Å². The molecular weight excluding hydrogens is 214 g/mol. The van der Waals surface area contributed by atoms with Gasteiger partial charge in [-0.2, -0.15) is 4.57 Å². The average molecular weight is 236 g/mol. The number of imidazole rings is 1. The van der Waals surface area contributed by atoms with Crippen LogP contribution in [0.1, 0.15) is 32.6 Å². The summed E-state index contributed by atoms with van der Waals surface area (Å²) in [5, 5.41) is 0. The maximum Gasteiger partial charge on any atom is 0.415 e. The van der Waals surface area contributed by atoms with Crippen molar-refractivity contribution in [2.24, 2.45) is 13.0 Å². The average Bonchev–Trinajstić information content (AvgIpc) is 2.76. The van der Waals surface area contributed by atoms with E-state index in [4.69, 9.17) is 0 Å². The number of aryl methyl sites for hydroxylation is 1. The van der Waals surface area contributed by atoms with Gasteiger partial charge in [-0.1, -0.05) is 19.8 Å². The minimum Gasteiger partial charge on any atom is -0.304 e. The quantitative estimate of drug-likeness (QED) is 0.720. The molecule has 0 radical (unpaired) electrons. The summed E-state index contributed by atoms with van der Waals surface area (Å²) < 4.78 is 3.56. The van der Waals surface area contributed by atoms with Crippen LogP contribution in [0, 0.1) is 5.92 Å². The van der Waals surface area contributed by atoms with E-state index in [1.807, 2.05) is 35.2 Å². The fraction of sp³-hybridized carbons (Fsp3) is 0.692. The maximum atomic E-state index is 12.2. The van der Waals surface area contributed by atoms with Gasteiger partial charge in [0.1, 0.15) is 12.4 Å². The van der Waals surface area contributed by atoms with E-state index in [1.54, 1.807) is 4.57 Å². The molecule has 0 atom stereocenters. The first-order valence-corrected chi connectivity index (χ1v) is 6.53. The molecule has 1 amide bonds. The third-order valence-electron chi connectivity index (χ3n) is 3.57. The molecule has 1 aromatic rings. The summed E-state index contributed by atoms with van der Waals surface area (Å²) in [4.78, 5) is 14.1. The van der Waals surface area contributed by atoms with E-state index in [0.29, 0.717) is 0 Å². The molecule has 1 fully saturated rings. The Bertz CT molecular complexity index is 378. The second-order valence-corrected chi connectivity index (χ2v) is 4.99. The number of piperidine rings is 1. The fourth-order valence-corrected chi connectivity index (χ4v) is 2.55. The first kappa shape index (κ1) is 12.1. The van der Waals surface area contributed by atoms with Crippen molar-refractivity contribution in [1.29, 1.82) is 0 Å². The molecule has 1 aliphatic rings. The topological polar surface area (TPSA) is 29.1 Å². The number of amides is 1. The number of nitrogens with zero attached hydrogens (tertiary/aromatic N) is 3. The molecule has 1 saturated heterocycles. The third-order valence-corrected chi connectivity index (χ3v) is 3.57. The molecule has 4 nitrogen and oxygen atoms in total. The van der Waals surface area contributed by atoms with Crippen molar-refractivity contribution >= 4 is 6.03 Å². The monoisotopic (exact) mass is 236 g/mol. The van der Waals surface area contributed by atoms with Gasteiger partial charge in [0.05, 0.1) is 7.05 Å². The van der Waals surface area contributed by atoms with Crippen molar-refractivity contribution in [2.75, 3.05) is 13.1 Å². The number of hydrogen-bond acceptors (Lipinski definition) is 1. The lowest BCUT2D eigenvalue weighted by atomic mass is 9.93. The highest BCUT2D eigenvalue weighted by Gasteiger charge is 2.25. The number of aromatic nitrogens is 2. The first-order chi connectivity index (χ1) is 8.20. The lowest BCUT2D eigenvalue weighted by Crippen LogP contribution is -2.41. The Morgan fingerprint density at radius 3 is 2.65 bits per heavy atom. The number of rotatable bonds is 2. The molecule has 0 saturated carbocycles. The molecule has 0 aliphatic carbocycles. The predicted octanol–water partition coefficient (Wildman–Crippen LogP) is 1.79. The Kier molecular flexibility index (Phi) is 3.82. The molecular formula is C13H22N3O+. The smallest absolute Gasteiger partial charge is 0.304 e. The predicted molar refractivity (Wildman–Crippen MR) is 65.6 cm³/mol. The molecule has 2 rings (SSSR count). The lowest BCUT2D eigenvalue weighted by Gasteiger charge is -2.30. The van der Waals surface area contributed by atoms with Gasteiger partial charge in [0.15, 0.2) is 0 Å². The normalized spacial score (nSPS) is 17.4. The van der Waals surface area contributed by atoms with Crippen molar-refractivity contribution in [2.45, 2.75) is 32.6 Å². The number of likely N-dealkylation sites (tertiary alicyclic amines) is 1. The van der Waals surface area contributed by atoms with Crippen molar-refractivity contribution < 1.29 is 9.36 Å². The van der Waals surface area contributed by atoms with Gasteiger partial charge in [0, 0.05) is 13.1 Å². The van der Waals surface area contributed by atoms with Crippen molar-refractivity contribution in [3.63, 3.8) is 0 Å². The van der Waals surface area contributed by atoms with Crippen LogP contribution in [0.5, 0.6) is 0 Å². The lowest BCUT2D eigenvalue weighted by molar-refractivity contribution is -0.670. The molecule has 94 valence electrons. The van der Waals surface area contributed by atoms with Crippen LogP contribution in [0.3, 0.4) is 0 Å². The molecule has 2 heterocycles. The first-order valence-electron chi connectivity index (χ1n) is 6.53. The van der Waals surface area contributed by atoms with Gasteiger partial charge in [-0.15, -0.1) is 0 Å². The van der Waals surface area contributed by atoms with Gasteiger partial charge in [-0.3, -0.25) is 0 Å². The second kappa shape index (κ2) is 5.34. The minimum atomic E-state index is 0.112. The van der Waals surface area contributed by atoms with Crippen molar-refractivity contribution in [3.05, 3.63) is 18.7 Å². The van der Waals surface area contributed by atoms with Gasteiger partial charge < -0.3 is 4.90 Å². The van der Waals surface area contributed by atoms with Crippen LogP contribution >= 0.6 is 0 Å². The van der Waals surface area contributed by atoms with Crippen molar-refractivity contribution in [1.82, 2.24) is 9.47 Å². The Morgan fingerprint density at radius 1 is 1.41 bits per heavy atom. The molecule has 0 aromatic carbocycles. The Hall–Kier alpha value is -1.32. The van der Waals surface area contributed by atoms with Gasteiger partial charge in [0.25, 0.3) is 6.33 Å². The summed E-state index contributed by atoms with van der Waals surface area (Å²) in [6.45, 7) is 4.05. The van der Waals surface area contributed by atoms with E-state index < -0.39 is 0 Å². The number of carbonyl (C=O) groups is 1. The Labute approximate surface area is 103 Å². The highest BCUT2D eigenvalue weighted by Crippen LogP contribution is 2.21. The molecule has 0 unspecified atom stereocenters. The summed E-state index contributed by atoms with van der Waals surface area (Å²) in [7, 11) is 1.93.